The van der Waals surface area contributed by atoms with Crippen LogP contribution in [0.15, 0.2) is 0 Å². The first-order chi connectivity index (χ1) is 7.06. The van der Waals surface area contributed by atoms with E-state index in [4.69, 9.17) is 4.74 Å². The second kappa shape index (κ2) is 8.64. The van der Waals surface area contributed by atoms with Gasteiger partial charge in [0.2, 0.25) is 5.91 Å². The van der Waals surface area contributed by atoms with Gasteiger partial charge >= 0.3 is 0 Å². The van der Waals surface area contributed by atoms with E-state index in [1.165, 1.54) is 0 Å². The highest BCUT2D eigenvalue weighted by Crippen LogP contribution is 1.84. The molecule has 0 aliphatic heterocycles. The van der Waals surface area contributed by atoms with E-state index in [0.29, 0.717) is 26.1 Å². The minimum Gasteiger partial charge on any atom is -0.389 e. The van der Waals surface area contributed by atoms with Crippen LogP contribution in [0.3, 0.4) is 0 Å². The molecule has 1 amide bonds. The third kappa shape index (κ3) is 9.65. The lowest BCUT2D eigenvalue weighted by Gasteiger charge is -2.11. The third-order valence-electron chi connectivity index (χ3n) is 1.72. The highest BCUT2D eigenvalue weighted by atomic mass is 16.5. The maximum absolute atomic E-state index is 11.2. The predicted molar refractivity (Wildman–Crippen MR) is 58.6 cm³/mol. The second-order valence-electron chi connectivity index (χ2n) is 3.79. The number of aliphatic hydroxyl groups is 1. The van der Waals surface area contributed by atoms with Gasteiger partial charge in [-0.05, 0) is 13.8 Å². The summed E-state index contributed by atoms with van der Waals surface area (Å²) in [6, 6.07) is 0.177. The topological polar surface area (TPSA) is 70.6 Å². The van der Waals surface area contributed by atoms with Crippen LogP contribution in [0.4, 0.5) is 0 Å². The van der Waals surface area contributed by atoms with Gasteiger partial charge in [-0.1, -0.05) is 0 Å². The van der Waals surface area contributed by atoms with Crippen LogP contribution in [0.25, 0.3) is 0 Å². The molecule has 0 aromatic heterocycles. The lowest BCUT2D eigenvalue weighted by Crippen LogP contribution is -2.35. The lowest BCUT2D eigenvalue weighted by molar-refractivity contribution is -0.121. The Morgan fingerprint density at radius 3 is 2.67 bits per heavy atom. The molecule has 1 unspecified atom stereocenters. The van der Waals surface area contributed by atoms with E-state index in [1.54, 1.807) is 7.11 Å². The van der Waals surface area contributed by atoms with Crippen molar-refractivity contribution in [1.29, 1.82) is 0 Å². The van der Waals surface area contributed by atoms with Crippen LogP contribution in [0.2, 0.25) is 0 Å². The van der Waals surface area contributed by atoms with Crippen molar-refractivity contribution in [2.75, 3.05) is 26.8 Å². The molecule has 0 saturated heterocycles. The summed E-state index contributed by atoms with van der Waals surface area (Å²) in [6.07, 6.45) is -0.0825. The zero-order valence-corrected chi connectivity index (χ0v) is 9.75. The Balaban J connectivity index is 3.34. The van der Waals surface area contributed by atoms with Gasteiger partial charge in [0, 0.05) is 32.7 Å². The van der Waals surface area contributed by atoms with Gasteiger partial charge in [0.05, 0.1) is 12.7 Å². The van der Waals surface area contributed by atoms with Gasteiger partial charge < -0.3 is 20.5 Å². The van der Waals surface area contributed by atoms with Crippen LogP contribution in [0.5, 0.6) is 0 Å². The molecular weight excluding hydrogens is 196 g/mol. The van der Waals surface area contributed by atoms with E-state index in [9.17, 15) is 9.90 Å². The summed E-state index contributed by atoms with van der Waals surface area (Å²) in [5, 5.41) is 15.0. The van der Waals surface area contributed by atoms with E-state index in [2.05, 4.69) is 10.6 Å². The second-order valence-corrected chi connectivity index (χ2v) is 3.79. The number of hydrogen-bond acceptors (Lipinski definition) is 4. The summed E-state index contributed by atoms with van der Waals surface area (Å²) in [7, 11) is 1.54. The zero-order valence-electron chi connectivity index (χ0n) is 9.75. The summed E-state index contributed by atoms with van der Waals surface area (Å²) in [6.45, 7) is 5.18. The molecule has 0 aromatic carbocycles. The van der Waals surface area contributed by atoms with E-state index in [1.807, 2.05) is 13.8 Å². The molecule has 90 valence electrons. The fourth-order valence-electron chi connectivity index (χ4n) is 1.12. The standard InChI is InChI=1S/C10H22N2O3/c1-8(2)12-10(14)4-5-11-6-9(13)7-15-3/h8-9,11,13H,4-7H2,1-3H3,(H,12,14). The van der Waals surface area contributed by atoms with E-state index in [-0.39, 0.29) is 11.9 Å². The highest BCUT2D eigenvalue weighted by Gasteiger charge is 2.04. The van der Waals surface area contributed by atoms with Crippen molar-refractivity contribution in [2.45, 2.75) is 32.4 Å². The smallest absolute Gasteiger partial charge is 0.221 e. The summed E-state index contributed by atoms with van der Waals surface area (Å²) in [5.74, 6) is 0.0266. The maximum Gasteiger partial charge on any atom is 0.221 e. The normalized spacial score (nSPS) is 12.9. The van der Waals surface area contributed by atoms with Crippen molar-refractivity contribution < 1.29 is 14.6 Å². The molecule has 5 heteroatoms. The number of carbonyl (C=O) groups is 1. The number of ether oxygens (including phenoxy) is 1. The number of hydrogen-bond donors (Lipinski definition) is 3. The molecule has 0 radical (unpaired) electrons. The number of nitrogens with one attached hydrogen (secondary N) is 2. The molecule has 0 spiro atoms. The van der Waals surface area contributed by atoms with Gasteiger partial charge in [-0.15, -0.1) is 0 Å². The van der Waals surface area contributed by atoms with E-state index >= 15 is 0 Å². The first-order valence-corrected chi connectivity index (χ1v) is 5.23. The molecular formula is C10H22N2O3. The first kappa shape index (κ1) is 14.3. The zero-order chi connectivity index (χ0) is 11.7. The largest absolute Gasteiger partial charge is 0.389 e. The van der Waals surface area contributed by atoms with Crippen molar-refractivity contribution >= 4 is 5.91 Å². The van der Waals surface area contributed by atoms with Crippen molar-refractivity contribution in [3.63, 3.8) is 0 Å². The average molecular weight is 218 g/mol. The highest BCUT2D eigenvalue weighted by molar-refractivity contribution is 5.76. The Morgan fingerprint density at radius 2 is 2.13 bits per heavy atom. The Morgan fingerprint density at radius 1 is 1.47 bits per heavy atom. The molecule has 3 N–H and O–H groups in total. The van der Waals surface area contributed by atoms with Gasteiger partial charge in [0.25, 0.3) is 0 Å². The Labute approximate surface area is 91.2 Å². The van der Waals surface area contributed by atoms with Crippen LogP contribution in [0, 0.1) is 0 Å². The molecule has 0 bridgehead atoms. The fraction of sp³-hybridized carbons (Fsp3) is 0.900. The van der Waals surface area contributed by atoms with Crippen molar-refractivity contribution in [3.8, 4) is 0 Å². The molecule has 0 aliphatic rings. The summed E-state index contributed by atoms with van der Waals surface area (Å²) in [5.41, 5.74) is 0. The molecule has 0 aromatic rings. The van der Waals surface area contributed by atoms with Crippen LogP contribution in [-0.4, -0.2) is 50.0 Å². The quantitative estimate of drug-likeness (QED) is 0.480. The number of methoxy groups -OCH3 is 1. The summed E-state index contributed by atoms with van der Waals surface area (Å²) >= 11 is 0. The van der Waals surface area contributed by atoms with Gasteiger partial charge in [0.15, 0.2) is 0 Å². The molecule has 0 saturated carbocycles. The van der Waals surface area contributed by atoms with E-state index < -0.39 is 6.10 Å². The molecule has 15 heavy (non-hydrogen) atoms. The molecule has 0 fully saturated rings. The van der Waals surface area contributed by atoms with Gasteiger partial charge in [-0.2, -0.15) is 0 Å². The van der Waals surface area contributed by atoms with Crippen molar-refractivity contribution in [1.82, 2.24) is 10.6 Å². The Bertz CT molecular complexity index is 174. The fourth-order valence-corrected chi connectivity index (χ4v) is 1.12. The van der Waals surface area contributed by atoms with Crippen molar-refractivity contribution in [2.24, 2.45) is 0 Å². The number of rotatable bonds is 8. The van der Waals surface area contributed by atoms with E-state index in [0.717, 1.165) is 0 Å². The van der Waals surface area contributed by atoms with Crippen LogP contribution in [-0.2, 0) is 9.53 Å². The average Bonchev–Trinajstić information content (AvgIpc) is 2.12. The van der Waals surface area contributed by atoms with Crippen LogP contribution >= 0.6 is 0 Å². The minimum absolute atomic E-state index is 0.0266. The molecule has 1 atom stereocenters. The molecule has 0 heterocycles. The van der Waals surface area contributed by atoms with Crippen LogP contribution < -0.4 is 10.6 Å². The maximum atomic E-state index is 11.2. The molecule has 0 aliphatic carbocycles. The number of aliphatic hydroxyl groups excluding tert-OH is 1. The Kier molecular flexibility index (Phi) is 8.27. The number of amides is 1. The van der Waals surface area contributed by atoms with Gasteiger partial charge in [-0.3, -0.25) is 4.79 Å². The minimum atomic E-state index is -0.511. The molecule has 0 rings (SSSR count). The SMILES string of the molecule is COCC(O)CNCCC(=O)NC(C)C. The summed E-state index contributed by atoms with van der Waals surface area (Å²) in [4.78, 5) is 11.2. The van der Waals surface area contributed by atoms with Gasteiger partial charge in [0.1, 0.15) is 0 Å². The predicted octanol–water partition coefficient (Wildman–Crippen LogP) is -0.502. The molecule has 5 nitrogen and oxygen atoms in total. The van der Waals surface area contributed by atoms with Crippen LogP contribution in [0.1, 0.15) is 20.3 Å². The lowest BCUT2D eigenvalue weighted by atomic mass is 10.3. The first-order valence-electron chi connectivity index (χ1n) is 5.23. The third-order valence-corrected chi connectivity index (χ3v) is 1.72. The van der Waals surface area contributed by atoms with Gasteiger partial charge in [-0.25, -0.2) is 0 Å². The summed E-state index contributed by atoms with van der Waals surface area (Å²) < 4.78 is 4.77. The Hall–Kier alpha value is -0.650. The van der Waals surface area contributed by atoms with Crippen molar-refractivity contribution in [3.05, 3.63) is 0 Å². The number of carbonyl (C=O) groups excluding carboxylic acids is 1. The monoisotopic (exact) mass is 218 g/mol.